The summed E-state index contributed by atoms with van der Waals surface area (Å²) in [6.07, 6.45) is 3.66. The molecule has 0 saturated heterocycles. The fraction of sp³-hybridized carbons (Fsp3) is 0.167. The van der Waals surface area contributed by atoms with Crippen LogP contribution >= 0.6 is 11.8 Å². The van der Waals surface area contributed by atoms with Crippen molar-refractivity contribution in [3.8, 4) is 6.19 Å². The van der Waals surface area contributed by atoms with Gasteiger partial charge in [0.1, 0.15) is 0 Å². The van der Waals surface area contributed by atoms with E-state index in [2.05, 4.69) is 21.7 Å². The monoisotopic (exact) mass is 338 g/mol. The fourth-order valence-corrected chi connectivity index (χ4v) is 2.60. The smallest absolute Gasteiger partial charge is 0.255 e. The first-order valence-corrected chi connectivity index (χ1v) is 8.52. The van der Waals surface area contributed by atoms with Crippen molar-refractivity contribution in [2.24, 2.45) is 4.99 Å². The van der Waals surface area contributed by atoms with Crippen molar-refractivity contribution in [2.75, 3.05) is 11.6 Å². The topological polar surface area (TPSA) is 77.3 Å². The summed E-state index contributed by atoms with van der Waals surface area (Å²) in [7, 11) is 0. The molecule has 122 valence electrons. The number of nitriles is 1. The van der Waals surface area contributed by atoms with E-state index in [0.29, 0.717) is 16.4 Å². The molecule has 0 bridgehead atoms. The molecule has 6 heteroatoms. The van der Waals surface area contributed by atoms with Crippen LogP contribution < -0.4 is 10.6 Å². The van der Waals surface area contributed by atoms with Crippen molar-refractivity contribution in [2.45, 2.75) is 13.8 Å². The fourth-order valence-electron chi connectivity index (χ4n) is 2.26. The maximum Gasteiger partial charge on any atom is 0.255 e. The Hall–Kier alpha value is -2.78. The predicted molar refractivity (Wildman–Crippen MR) is 99.7 cm³/mol. The number of carbonyl (C=O) groups excluding carboxylic acids is 1. The van der Waals surface area contributed by atoms with Crippen molar-refractivity contribution in [1.82, 2.24) is 5.32 Å². The zero-order valence-corrected chi connectivity index (χ0v) is 14.6. The predicted octanol–water partition coefficient (Wildman–Crippen LogP) is 3.98. The zero-order valence-electron chi connectivity index (χ0n) is 13.8. The van der Waals surface area contributed by atoms with Gasteiger partial charge in [0.25, 0.3) is 5.91 Å². The maximum atomic E-state index is 12.4. The lowest BCUT2D eigenvalue weighted by atomic mass is 10.1. The highest BCUT2D eigenvalue weighted by atomic mass is 32.2. The van der Waals surface area contributed by atoms with E-state index in [0.717, 1.165) is 16.8 Å². The Kier molecular flexibility index (Phi) is 5.99. The molecule has 0 atom stereocenters. The Morgan fingerprint density at radius 1 is 1.17 bits per heavy atom. The molecule has 1 amide bonds. The van der Waals surface area contributed by atoms with E-state index in [4.69, 9.17) is 5.26 Å². The number of carbonyl (C=O) groups is 1. The van der Waals surface area contributed by atoms with Gasteiger partial charge in [-0.2, -0.15) is 5.26 Å². The van der Waals surface area contributed by atoms with Gasteiger partial charge in [0, 0.05) is 11.3 Å². The second-order valence-electron chi connectivity index (χ2n) is 5.24. The SMILES string of the molecule is CSC(=Nc1cccc(C(=O)Nc2cc(C)cc(C)c2)c1)NC#N. The Balaban J connectivity index is 2.21. The normalized spacial score (nSPS) is 10.8. The molecule has 0 aliphatic rings. The second-order valence-corrected chi connectivity index (χ2v) is 6.03. The van der Waals surface area contributed by atoms with Crippen LogP contribution in [0.3, 0.4) is 0 Å². The largest absolute Gasteiger partial charge is 0.322 e. The maximum absolute atomic E-state index is 12.4. The van der Waals surface area contributed by atoms with E-state index < -0.39 is 0 Å². The van der Waals surface area contributed by atoms with Gasteiger partial charge in [0.15, 0.2) is 11.4 Å². The van der Waals surface area contributed by atoms with Gasteiger partial charge in [-0.05, 0) is 61.6 Å². The van der Waals surface area contributed by atoms with Crippen LogP contribution in [0, 0.1) is 25.3 Å². The van der Waals surface area contributed by atoms with Crippen LogP contribution in [0.2, 0.25) is 0 Å². The van der Waals surface area contributed by atoms with Crippen LogP contribution in [0.25, 0.3) is 0 Å². The summed E-state index contributed by atoms with van der Waals surface area (Å²) in [4.78, 5) is 16.7. The van der Waals surface area contributed by atoms with E-state index >= 15 is 0 Å². The minimum Gasteiger partial charge on any atom is -0.322 e. The molecule has 5 nitrogen and oxygen atoms in total. The number of amidine groups is 1. The van der Waals surface area contributed by atoms with Gasteiger partial charge in [-0.1, -0.05) is 23.9 Å². The van der Waals surface area contributed by atoms with Crippen LogP contribution in [-0.4, -0.2) is 17.3 Å². The average Bonchev–Trinajstić information content (AvgIpc) is 2.53. The van der Waals surface area contributed by atoms with Crippen LogP contribution in [0.4, 0.5) is 11.4 Å². The van der Waals surface area contributed by atoms with Gasteiger partial charge in [0.2, 0.25) is 0 Å². The minimum atomic E-state index is -0.198. The van der Waals surface area contributed by atoms with Gasteiger partial charge in [-0.15, -0.1) is 0 Å². The highest BCUT2D eigenvalue weighted by molar-refractivity contribution is 8.13. The Labute approximate surface area is 145 Å². The van der Waals surface area contributed by atoms with E-state index in [-0.39, 0.29) is 5.91 Å². The number of aryl methyl sites for hydroxylation is 2. The summed E-state index contributed by atoms with van der Waals surface area (Å²) in [6, 6.07) is 12.9. The lowest BCUT2D eigenvalue weighted by Crippen LogP contribution is -2.13. The van der Waals surface area contributed by atoms with Crippen molar-refractivity contribution in [1.29, 1.82) is 5.26 Å². The van der Waals surface area contributed by atoms with Crippen LogP contribution in [0.15, 0.2) is 47.5 Å². The third kappa shape index (κ3) is 4.86. The van der Waals surface area contributed by atoms with Gasteiger partial charge in [-0.3, -0.25) is 10.1 Å². The molecule has 2 N–H and O–H groups in total. The summed E-state index contributed by atoms with van der Waals surface area (Å²) in [5.74, 6) is -0.198. The van der Waals surface area contributed by atoms with Crippen LogP contribution in [0.1, 0.15) is 21.5 Å². The third-order valence-corrected chi connectivity index (χ3v) is 3.75. The van der Waals surface area contributed by atoms with Gasteiger partial charge in [-0.25, -0.2) is 4.99 Å². The van der Waals surface area contributed by atoms with Gasteiger partial charge < -0.3 is 5.32 Å². The molecule has 0 aromatic heterocycles. The number of benzene rings is 2. The molecule has 0 unspecified atom stereocenters. The number of hydrogen-bond donors (Lipinski definition) is 2. The zero-order chi connectivity index (χ0) is 17.5. The molecule has 0 heterocycles. The van der Waals surface area contributed by atoms with Gasteiger partial charge >= 0.3 is 0 Å². The Bertz CT molecular complexity index is 804. The molecule has 2 rings (SSSR count). The van der Waals surface area contributed by atoms with E-state index in [9.17, 15) is 4.79 Å². The molecule has 0 aliphatic carbocycles. The third-order valence-electron chi connectivity index (χ3n) is 3.17. The molecule has 0 radical (unpaired) electrons. The standard InChI is InChI=1S/C18H18N4OS/c1-12-7-13(2)9-16(8-12)21-17(23)14-5-4-6-15(10-14)22-18(24-3)20-11-19/h4-10H,1-3H3,(H,20,22)(H,21,23). The average molecular weight is 338 g/mol. The lowest BCUT2D eigenvalue weighted by molar-refractivity contribution is 0.102. The van der Waals surface area contributed by atoms with Crippen molar-refractivity contribution >= 4 is 34.2 Å². The number of aliphatic imine (C=N–C) groups is 1. The Morgan fingerprint density at radius 2 is 1.88 bits per heavy atom. The first kappa shape index (κ1) is 17.6. The highest BCUT2D eigenvalue weighted by Crippen LogP contribution is 2.19. The van der Waals surface area contributed by atoms with Crippen LogP contribution in [-0.2, 0) is 0 Å². The van der Waals surface area contributed by atoms with Crippen molar-refractivity contribution < 1.29 is 4.79 Å². The number of nitrogens with one attached hydrogen (secondary N) is 2. The minimum absolute atomic E-state index is 0.198. The number of hydrogen-bond acceptors (Lipinski definition) is 4. The summed E-state index contributed by atoms with van der Waals surface area (Å²) in [5.41, 5.74) is 4.07. The van der Waals surface area contributed by atoms with Gasteiger partial charge in [0.05, 0.1) is 5.69 Å². The summed E-state index contributed by atoms with van der Waals surface area (Å²) in [6.45, 7) is 3.98. The first-order valence-electron chi connectivity index (χ1n) is 7.29. The molecule has 2 aromatic rings. The lowest BCUT2D eigenvalue weighted by Gasteiger charge is -2.08. The second kappa shape index (κ2) is 8.18. The molecule has 0 saturated carbocycles. The molecule has 0 spiro atoms. The summed E-state index contributed by atoms with van der Waals surface area (Å²) in [5, 5.41) is 14.6. The molecular weight excluding hydrogens is 320 g/mol. The molecule has 24 heavy (non-hydrogen) atoms. The Morgan fingerprint density at radius 3 is 2.50 bits per heavy atom. The highest BCUT2D eigenvalue weighted by Gasteiger charge is 2.08. The number of rotatable bonds is 3. The van der Waals surface area contributed by atoms with Crippen LogP contribution in [0.5, 0.6) is 0 Å². The van der Waals surface area contributed by atoms with E-state index in [1.54, 1.807) is 24.3 Å². The quantitative estimate of drug-likeness (QED) is 0.384. The number of anilines is 1. The molecule has 2 aromatic carbocycles. The first-order chi connectivity index (χ1) is 11.5. The molecular formula is C18H18N4OS. The number of nitrogens with zero attached hydrogens (tertiary/aromatic N) is 2. The molecule has 0 fully saturated rings. The van der Waals surface area contributed by atoms with Crippen molar-refractivity contribution in [3.05, 3.63) is 59.2 Å². The number of thioether (sulfide) groups is 1. The van der Waals surface area contributed by atoms with Crippen molar-refractivity contribution in [3.63, 3.8) is 0 Å². The van der Waals surface area contributed by atoms with E-state index in [1.165, 1.54) is 11.8 Å². The summed E-state index contributed by atoms with van der Waals surface area (Å²) >= 11 is 1.33. The number of amides is 1. The summed E-state index contributed by atoms with van der Waals surface area (Å²) < 4.78 is 0. The van der Waals surface area contributed by atoms with E-state index in [1.807, 2.05) is 38.4 Å². The molecule has 0 aliphatic heterocycles.